The summed E-state index contributed by atoms with van der Waals surface area (Å²) in [6.45, 7) is 2.11. The van der Waals surface area contributed by atoms with Crippen LogP contribution in [0.5, 0.6) is 5.75 Å². The molecule has 3 rings (SSSR count). The highest BCUT2D eigenvalue weighted by atomic mass is 16.5. The van der Waals surface area contributed by atoms with Crippen LogP contribution in [0, 0.1) is 0 Å². The fourth-order valence-corrected chi connectivity index (χ4v) is 2.48. The molecule has 0 saturated carbocycles. The molecule has 0 spiro atoms. The van der Waals surface area contributed by atoms with Crippen molar-refractivity contribution >= 4 is 10.9 Å². The number of piperidine rings is 1. The molecule has 0 amide bonds. The second-order valence-corrected chi connectivity index (χ2v) is 4.65. The molecule has 4 nitrogen and oxygen atoms in total. The van der Waals surface area contributed by atoms with Gasteiger partial charge >= 0.3 is 0 Å². The highest BCUT2D eigenvalue weighted by molar-refractivity contribution is 5.83. The Morgan fingerprint density at radius 3 is 2.89 bits per heavy atom. The van der Waals surface area contributed by atoms with Crippen molar-refractivity contribution in [2.75, 3.05) is 20.2 Å². The molecular weight excluding hydrogens is 226 g/mol. The Morgan fingerprint density at radius 1 is 1.28 bits per heavy atom. The minimum Gasteiger partial charge on any atom is -0.494 e. The van der Waals surface area contributed by atoms with Gasteiger partial charge in [-0.15, -0.1) is 0 Å². The Labute approximate surface area is 106 Å². The normalized spacial score (nSPS) is 16.9. The van der Waals surface area contributed by atoms with Gasteiger partial charge in [0.05, 0.1) is 7.11 Å². The fraction of sp³-hybridized carbons (Fsp3) is 0.429. The van der Waals surface area contributed by atoms with Crippen molar-refractivity contribution in [2.45, 2.75) is 18.8 Å². The molecular formula is C14H17N3O. The molecule has 1 aromatic heterocycles. The molecule has 1 N–H and O–H groups in total. The third-order valence-electron chi connectivity index (χ3n) is 3.52. The van der Waals surface area contributed by atoms with Crippen molar-refractivity contribution in [3.05, 3.63) is 30.2 Å². The quantitative estimate of drug-likeness (QED) is 0.877. The SMILES string of the molecule is COc1cccc2cnc(C3CCNCC3)nc12. The van der Waals surface area contributed by atoms with Crippen molar-refractivity contribution < 1.29 is 4.74 Å². The zero-order valence-corrected chi connectivity index (χ0v) is 10.5. The lowest BCUT2D eigenvalue weighted by Crippen LogP contribution is -2.27. The standard InChI is InChI=1S/C14H17N3O/c1-18-12-4-2-3-11-9-16-14(17-13(11)12)10-5-7-15-8-6-10/h2-4,9-10,15H,5-8H2,1H3. The van der Waals surface area contributed by atoms with Gasteiger partial charge in [-0.2, -0.15) is 0 Å². The van der Waals surface area contributed by atoms with Crippen LogP contribution in [0.3, 0.4) is 0 Å². The first-order valence-electron chi connectivity index (χ1n) is 6.39. The predicted octanol–water partition coefficient (Wildman–Crippen LogP) is 2.11. The van der Waals surface area contributed by atoms with Crippen LogP contribution in [0.2, 0.25) is 0 Å². The van der Waals surface area contributed by atoms with Crippen LogP contribution in [-0.4, -0.2) is 30.2 Å². The van der Waals surface area contributed by atoms with Crippen molar-refractivity contribution in [2.24, 2.45) is 0 Å². The molecule has 1 aromatic carbocycles. The Hall–Kier alpha value is -1.68. The maximum absolute atomic E-state index is 5.37. The van der Waals surface area contributed by atoms with E-state index in [1.54, 1.807) is 7.11 Å². The van der Waals surface area contributed by atoms with Crippen LogP contribution in [0.15, 0.2) is 24.4 Å². The van der Waals surface area contributed by atoms with E-state index < -0.39 is 0 Å². The van der Waals surface area contributed by atoms with E-state index in [4.69, 9.17) is 9.72 Å². The zero-order valence-electron chi connectivity index (χ0n) is 10.5. The smallest absolute Gasteiger partial charge is 0.145 e. The van der Waals surface area contributed by atoms with Crippen LogP contribution >= 0.6 is 0 Å². The lowest BCUT2D eigenvalue weighted by atomic mass is 9.97. The largest absolute Gasteiger partial charge is 0.494 e. The molecule has 0 aliphatic carbocycles. The molecule has 0 bridgehead atoms. The molecule has 1 fully saturated rings. The molecule has 2 heterocycles. The van der Waals surface area contributed by atoms with Gasteiger partial charge in [0.1, 0.15) is 17.1 Å². The lowest BCUT2D eigenvalue weighted by Gasteiger charge is -2.21. The van der Waals surface area contributed by atoms with Gasteiger partial charge in [-0.05, 0) is 32.0 Å². The van der Waals surface area contributed by atoms with Crippen molar-refractivity contribution in [3.8, 4) is 5.75 Å². The average Bonchev–Trinajstić information content (AvgIpc) is 2.47. The summed E-state index contributed by atoms with van der Waals surface area (Å²) in [6, 6.07) is 5.93. The van der Waals surface area contributed by atoms with E-state index in [1.165, 1.54) is 0 Å². The zero-order chi connectivity index (χ0) is 12.4. The Balaban J connectivity index is 2.03. The van der Waals surface area contributed by atoms with Crippen LogP contribution in [-0.2, 0) is 0 Å². The number of fused-ring (bicyclic) bond motifs is 1. The van der Waals surface area contributed by atoms with Gasteiger partial charge in [0.2, 0.25) is 0 Å². The maximum atomic E-state index is 5.37. The summed E-state index contributed by atoms with van der Waals surface area (Å²) in [5, 5.41) is 4.40. The molecule has 94 valence electrons. The molecule has 0 radical (unpaired) electrons. The molecule has 0 unspecified atom stereocenters. The van der Waals surface area contributed by atoms with Crippen LogP contribution in [0.1, 0.15) is 24.6 Å². The van der Waals surface area contributed by atoms with Gasteiger partial charge in [-0.1, -0.05) is 12.1 Å². The van der Waals surface area contributed by atoms with E-state index >= 15 is 0 Å². The average molecular weight is 243 g/mol. The lowest BCUT2D eigenvalue weighted by molar-refractivity contribution is 0.417. The Bertz CT molecular complexity index is 550. The minimum absolute atomic E-state index is 0.473. The number of methoxy groups -OCH3 is 1. The van der Waals surface area contributed by atoms with Gasteiger partial charge in [0.15, 0.2) is 0 Å². The second-order valence-electron chi connectivity index (χ2n) is 4.65. The van der Waals surface area contributed by atoms with Gasteiger partial charge in [0, 0.05) is 17.5 Å². The van der Waals surface area contributed by atoms with Gasteiger partial charge in [-0.25, -0.2) is 9.97 Å². The third kappa shape index (κ3) is 2.04. The number of ether oxygens (including phenoxy) is 1. The predicted molar refractivity (Wildman–Crippen MR) is 70.9 cm³/mol. The first-order valence-corrected chi connectivity index (χ1v) is 6.39. The summed E-state index contributed by atoms with van der Waals surface area (Å²) in [5.74, 6) is 2.25. The second kappa shape index (κ2) is 4.90. The van der Waals surface area contributed by atoms with E-state index in [-0.39, 0.29) is 0 Å². The molecule has 1 aliphatic rings. The van der Waals surface area contributed by atoms with Gasteiger partial charge in [-0.3, -0.25) is 0 Å². The summed E-state index contributed by atoms with van der Waals surface area (Å²) in [5.41, 5.74) is 0.920. The molecule has 18 heavy (non-hydrogen) atoms. The summed E-state index contributed by atoms with van der Waals surface area (Å²) >= 11 is 0. The third-order valence-corrected chi connectivity index (χ3v) is 3.52. The number of benzene rings is 1. The number of nitrogens with zero attached hydrogens (tertiary/aromatic N) is 2. The topological polar surface area (TPSA) is 47.0 Å². The first kappa shape index (κ1) is 11.4. The van der Waals surface area contributed by atoms with E-state index in [0.717, 1.165) is 48.4 Å². The van der Waals surface area contributed by atoms with Crippen LogP contribution in [0.25, 0.3) is 10.9 Å². The van der Waals surface area contributed by atoms with E-state index in [0.29, 0.717) is 5.92 Å². The Morgan fingerprint density at radius 2 is 2.11 bits per heavy atom. The molecule has 2 aromatic rings. The number of aromatic nitrogens is 2. The fourth-order valence-electron chi connectivity index (χ4n) is 2.48. The number of hydrogen-bond acceptors (Lipinski definition) is 4. The van der Waals surface area contributed by atoms with Crippen LogP contribution < -0.4 is 10.1 Å². The van der Waals surface area contributed by atoms with Gasteiger partial charge < -0.3 is 10.1 Å². The summed E-state index contributed by atoms with van der Waals surface area (Å²) < 4.78 is 5.37. The number of rotatable bonds is 2. The molecule has 4 heteroatoms. The number of nitrogens with one attached hydrogen (secondary N) is 1. The summed E-state index contributed by atoms with van der Waals surface area (Å²) in [4.78, 5) is 9.22. The van der Waals surface area contributed by atoms with Crippen LogP contribution in [0.4, 0.5) is 0 Å². The number of para-hydroxylation sites is 1. The summed E-state index contributed by atoms with van der Waals surface area (Å²) in [7, 11) is 1.68. The monoisotopic (exact) mass is 243 g/mol. The van der Waals surface area contributed by atoms with Crippen molar-refractivity contribution in [1.82, 2.24) is 15.3 Å². The number of hydrogen-bond donors (Lipinski definition) is 1. The van der Waals surface area contributed by atoms with E-state index in [2.05, 4.69) is 10.3 Å². The van der Waals surface area contributed by atoms with E-state index in [9.17, 15) is 0 Å². The molecule has 1 aliphatic heterocycles. The molecule has 1 saturated heterocycles. The highest BCUT2D eigenvalue weighted by Crippen LogP contribution is 2.27. The minimum atomic E-state index is 0.473. The Kier molecular flexibility index (Phi) is 3.11. The van der Waals surface area contributed by atoms with E-state index in [1.807, 2.05) is 24.4 Å². The maximum Gasteiger partial charge on any atom is 0.145 e. The van der Waals surface area contributed by atoms with Crippen molar-refractivity contribution in [1.29, 1.82) is 0 Å². The first-order chi connectivity index (χ1) is 8.88. The molecule has 0 atom stereocenters. The van der Waals surface area contributed by atoms with Gasteiger partial charge in [0.25, 0.3) is 0 Å². The van der Waals surface area contributed by atoms with Crippen molar-refractivity contribution in [3.63, 3.8) is 0 Å². The summed E-state index contributed by atoms with van der Waals surface area (Å²) in [6.07, 6.45) is 4.13. The highest BCUT2D eigenvalue weighted by Gasteiger charge is 2.18.